The zero-order valence-electron chi connectivity index (χ0n) is 11.4. The van der Waals surface area contributed by atoms with Crippen molar-refractivity contribution < 1.29 is 4.39 Å². The number of aryl methyl sites for hydroxylation is 1. The largest absolute Gasteiger partial charge is 0.309 e. The Morgan fingerprint density at radius 2 is 2.00 bits per heavy atom. The molecular formula is C15H12ClFN2OS. The number of alkyl halides is 1. The van der Waals surface area contributed by atoms with Gasteiger partial charge in [0.15, 0.2) is 0 Å². The molecule has 0 bridgehead atoms. The third-order valence-corrected chi connectivity index (χ3v) is 4.74. The Morgan fingerprint density at radius 1 is 1.33 bits per heavy atom. The predicted molar refractivity (Wildman–Crippen MR) is 84.6 cm³/mol. The Morgan fingerprint density at radius 3 is 2.62 bits per heavy atom. The molecule has 3 aromatic rings. The van der Waals surface area contributed by atoms with E-state index in [4.69, 9.17) is 11.6 Å². The summed E-state index contributed by atoms with van der Waals surface area (Å²) in [6, 6.07) is 6.21. The zero-order chi connectivity index (χ0) is 15.1. The molecule has 1 atom stereocenters. The molecule has 6 heteroatoms. The van der Waals surface area contributed by atoms with Crippen molar-refractivity contribution in [3.05, 3.63) is 51.8 Å². The van der Waals surface area contributed by atoms with Crippen LogP contribution in [-0.2, 0) is 0 Å². The van der Waals surface area contributed by atoms with Gasteiger partial charge in [0, 0.05) is 4.88 Å². The van der Waals surface area contributed by atoms with Crippen molar-refractivity contribution in [1.82, 2.24) is 9.97 Å². The highest BCUT2D eigenvalue weighted by atomic mass is 35.5. The average Bonchev–Trinajstić information content (AvgIpc) is 2.77. The van der Waals surface area contributed by atoms with Crippen LogP contribution >= 0.6 is 22.9 Å². The molecule has 0 amide bonds. The average molecular weight is 323 g/mol. The minimum absolute atomic E-state index is 0.190. The molecule has 0 aliphatic heterocycles. The molecule has 0 saturated heterocycles. The lowest BCUT2D eigenvalue weighted by Gasteiger charge is -2.01. The molecule has 0 aliphatic rings. The first-order chi connectivity index (χ1) is 9.97. The van der Waals surface area contributed by atoms with Gasteiger partial charge in [0.25, 0.3) is 5.56 Å². The maximum atomic E-state index is 13.0. The number of rotatable bonds is 2. The van der Waals surface area contributed by atoms with Gasteiger partial charge in [-0.2, -0.15) is 0 Å². The van der Waals surface area contributed by atoms with Crippen LogP contribution in [0.2, 0.25) is 0 Å². The lowest BCUT2D eigenvalue weighted by molar-refractivity contribution is 0.628. The van der Waals surface area contributed by atoms with Gasteiger partial charge in [-0.15, -0.1) is 22.9 Å². The summed E-state index contributed by atoms with van der Waals surface area (Å²) in [5.74, 6) is 0.174. The molecule has 3 rings (SSSR count). The number of hydrogen-bond donors (Lipinski definition) is 1. The monoisotopic (exact) mass is 322 g/mol. The second-order valence-corrected chi connectivity index (χ2v) is 6.46. The van der Waals surface area contributed by atoms with Crippen LogP contribution in [0.15, 0.2) is 29.1 Å². The van der Waals surface area contributed by atoms with Gasteiger partial charge < -0.3 is 4.98 Å². The van der Waals surface area contributed by atoms with Crippen LogP contribution < -0.4 is 5.56 Å². The molecule has 0 fully saturated rings. The number of thiophene rings is 1. The topological polar surface area (TPSA) is 45.8 Å². The highest BCUT2D eigenvalue weighted by molar-refractivity contribution is 7.22. The fourth-order valence-corrected chi connectivity index (χ4v) is 3.52. The number of nitrogens with zero attached hydrogens (tertiary/aromatic N) is 1. The second-order valence-electron chi connectivity index (χ2n) is 4.81. The number of aromatic amines is 1. The maximum absolute atomic E-state index is 13.0. The molecule has 21 heavy (non-hydrogen) atoms. The number of H-pyrrole nitrogens is 1. The summed E-state index contributed by atoms with van der Waals surface area (Å²) in [7, 11) is 0. The van der Waals surface area contributed by atoms with Gasteiger partial charge in [-0.3, -0.25) is 4.79 Å². The van der Waals surface area contributed by atoms with Gasteiger partial charge in [-0.25, -0.2) is 9.37 Å². The maximum Gasteiger partial charge on any atom is 0.259 e. The van der Waals surface area contributed by atoms with Crippen molar-refractivity contribution in [1.29, 1.82) is 0 Å². The van der Waals surface area contributed by atoms with E-state index in [9.17, 15) is 9.18 Å². The van der Waals surface area contributed by atoms with Crippen LogP contribution in [0.5, 0.6) is 0 Å². The summed E-state index contributed by atoms with van der Waals surface area (Å²) >= 11 is 7.40. The number of fused-ring (bicyclic) bond motifs is 1. The fourth-order valence-electron chi connectivity index (χ4n) is 2.23. The van der Waals surface area contributed by atoms with Gasteiger partial charge in [-0.1, -0.05) is 12.1 Å². The van der Waals surface area contributed by atoms with Gasteiger partial charge in [0.1, 0.15) is 16.5 Å². The van der Waals surface area contributed by atoms with E-state index in [-0.39, 0.29) is 16.8 Å². The van der Waals surface area contributed by atoms with Gasteiger partial charge >= 0.3 is 0 Å². The van der Waals surface area contributed by atoms with Crippen molar-refractivity contribution >= 4 is 33.2 Å². The van der Waals surface area contributed by atoms with E-state index in [0.29, 0.717) is 16.0 Å². The van der Waals surface area contributed by atoms with E-state index in [2.05, 4.69) is 9.97 Å². The summed E-state index contributed by atoms with van der Waals surface area (Å²) in [4.78, 5) is 20.9. The first-order valence-corrected chi connectivity index (χ1v) is 7.66. The molecule has 2 aromatic heterocycles. The van der Waals surface area contributed by atoms with Crippen molar-refractivity contribution in [2.24, 2.45) is 0 Å². The first kappa shape index (κ1) is 14.2. The third kappa shape index (κ3) is 2.47. The van der Waals surface area contributed by atoms with Crippen LogP contribution in [0, 0.1) is 12.7 Å². The van der Waals surface area contributed by atoms with E-state index < -0.39 is 0 Å². The van der Waals surface area contributed by atoms with Crippen LogP contribution in [0.25, 0.3) is 20.7 Å². The molecule has 0 saturated carbocycles. The Bertz CT molecular complexity index is 868. The van der Waals surface area contributed by atoms with Crippen LogP contribution in [0.3, 0.4) is 0 Å². The molecule has 1 aromatic carbocycles. The van der Waals surface area contributed by atoms with Gasteiger partial charge in [0.2, 0.25) is 0 Å². The molecule has 0 spiro atoms. The predicted octanol–water partition coefficient (Wildman–Crippen LogP) is 4.40. The Labute approximate surface area is 129 Å². The minimum atomic E-state index is -0.362. The summed E-state index contributed by atoms with van der Waals surface area (Å²) in [6.45, 7) is 3.63. The second kappa shape index (κ2) is 5.24. The summed E-state index contributed by atoms with van der Waals surface area (Å²) < 4.78 is 13.0. The lowest BCUT2D eigenvalue weighted by atomic mass is 10.1. The van der Waals surface area contributed by atoms with Crippen LogP contribution in [0.4, 0.5) is 4.39 Å². The van der Waals surface area contributed by atoms with Gasteiger partial charge in [-0.05, 0) is 37.1 Å². The molecule has 1 unspecified atom stereocenters. The van der Waals surface area contributed by atoms with E-state index in [1.807, 2.05) is 6.92 Å². The summed E-state index contributed by atoms with van der Waals surface area (Å²) in [6.07, 6.45) is 0. The summed E-state index contributed by atoms with van der Waals surface area (Å²) in [5, 5.41) is 0.208. The molecule has 1 N–H and O–H groups in total. The molecule has 0 aliphatic carbocycles. The van der Waals surface area contributed by atoms with Crippen molar-refractivity contribution in [2.75, 3.05) is 0 Å². The van der Waals surface area contributed by atoms with Crippen molar-refractivity contribution in [3.8, 4) is 10.4 Å². The number of benzene rings is 1. The van der Waals surface area contributed by atoms with Crippen molar-refractivity contribution in [3.63, 3.8) is 0 Å². The Kier molecular flexibility index (Phi) is 3.55. The SMILES string of the molecule is Cc1c(-c2ccc(F)cc2)sc2nc(C(C)Cl)[nH]c(=O)c12. The van der Waals surface area contributed by atoms with E-state index in [0.717, 1.165) is 16.0 Å². The molecule has 2 heterocycles. The highest BCUT2D eigenvalue weighted by Crippen LogP contribution is 2.36. The van der Waals surface area contributed by atoms with Crippen molar-refractivity contribution in [2.45, 2.75) is 19.2 Å². The van der Waals surface area contributed by atoms with E-state index >= 15 is 0 Å². The van der Waals surface area contributed by atoms with E-state index in [1.54, 1.807) is 19.1 Å². The number of halogens is 2. The van der Waals surface area contributed by atoms with Crippen LogP contribution in [-0.4, -0.2) is 9.97 Å². The number of nitrogens with one attached hydrogen (secondary N) is 1. The Balaban J connectivity index is 2.26. The Hall–Kier alpha value is -1.72. The standard InChI is InChI=1S/C15H12ClFN2OS/c1-7-11-14(20)18-13(8(2)16)19-15(11)21-12(7)9-3-5-10(17)6-4-9/h3-6,8H,1-2H3,(H,18,19,20). The van der Waals surface area contributed by atoms with E-state index in [1.165, 1.54) is 23.5 Å². The smallest absolute Gasteiger partial charge is 0.259 e. The minimum Gasteiger partial charge on any atom is -0.309 e. The van der Waals surface area contributed by atoms with Gasteiger partial charge in [0.05, 0.1) is 10.8 Å². The lowest BCUT2D eigenvalue weighted by Crippen LogP contribution is -2.11. The molecular weight excluding hydrogens is 311 g/mol. The number of aromatic nitrogens is 2. The number of hydrogen-bond acceptors (Lipinski definition) is 3. The first-order valence-electron chi connectivity index (χ1n) is 6.40. The normalized spacial score (nSPS) is 12.8. The zero-order valence-corrected chi connectivity index (χ0v) is 13.0. The molecule has 3 nitrogen and oxygen atoms in total. The highest BCUT2D eigenvalue weighted by Gasteiger charge is 2.16. The summed E-state index contributed by atoms with van der Waals surface area (Å²) in [5.41, 5.74) is 1.53. The molecule has 0 radical (unpaired) electrons. The van der Waals surface area contributed by atoms with Crippen LogP contribution in [0.1, 0.15) is 23.7 Å². The molecule has 108 valence electrons. The quantitative estimate of drug-likeness (QED) is 0.711. The fraction of sp³-hybridized carbons (Fsp3) is 0.200. The third-order valence-electron chi connectivity index (χ3n) is 3.30.